The Bertz CT molecular complexity index is 679. The second-order valence-electron chi connectivity index (χ2n) is 7.70. The molecule has 3 nitrogen and oxygen atoms in total. The molecule has 26 heavy (non-hydrogen) atoms. The smallest absolute Gasteiger partial charge is 0.0721 e. The van der Waals surface area contributed by atoms with E-state index in [1.54, 1.807) is 0 Å². The highest BCUT2D eigenvalue weighted by Crippen LogP contribution is 2.30. The van der Waals surface area contributed by atoms with Gasteiger partial charge in [0, 0.05) is 12.5 Å². The van der Waals surface area contributed by atoms with Gasteiger partial charge >= 0.3 is 0 Å². The summed E-state index contributed by atoms with van der Waals surface area (Å²) in [4.78, 5) is 2.48. The van der Waals surface area contributed by atoms with Crippen molar-refractivity contribution >= 4 is 0 Å². The second-order valence-corrected chi connectivity index (χ2v) is 7.70. The minimum atomic E-state index is -0.237. The topological polar surface area (TPSA) is 32.7 Å². The van der Waals surface area contributed by atoms with Gasteiger partial charge in [0.2, 0.25) is 0 Å². The third-order valence-electron chi connectivity index (χ3n) is 5.86. The lowest BCUT2D eigenvalue weighted by Gasteiger charge is -2.33. The Hall–Kier alpha value is -1.68. The summed E-state index contributed by atoms with van der Waals surface area (Å²) in [7, 11) is 0. The number of ether oxygens (including phenoxy) is 1. The highest BCUT2D eigenvalue weighted by atomic mass is 16.5. The summed E-state index contributed by atoms with van der Waals surface area (Å²) in [6, 6.07) is 19.3. The van der Waals surface area contributed by atoms with Crippen molar-refractivity contribution in [3.05, 3.63) is 60.2 Å². The molecular formula is C23H29NO2. The van der Waals surface area contributed by atoms with E-state index in [4.69, 9.17) is 4.74 Å². The first kappa shape index (κ1) is 17.7. The van der Waals surface area contributed by atoms with Gasteiger partial charge in [0.05, 0.1) is 18.8 Å². The normalized spacial score (nSPS) is 26.9. The van der Waals surface area contributed by atoms with E-state index in [0.717, 1.165) is 25.9 Å². The molecule has 4 rings (SSSR count). The molecule has 0 spiro atoms. The lowest BCUT2D eigenvalue weighted by Crippen LogP contribution is -2.43. The number of hydrogen-bond donors (Lipinski definition) is 1. The molecule has 1 aliphatic heterocycles. The van der Waals surface area contributed by atoms with E-state index in [0.29, 0.717) is 12.6 Å². The van der Waals surface area contributed by atoms with E-state index in [9.17, 15) is 5.11 Å². The Morgan fingerprint density at radius 1 is 0.846 bits per heavy atom. The molecule has 1 aliphatic carbocycles. The predicted octanol–water partition coefficient (Wildman–Crippen LogP) is 4.25. The van der Waals surface area contributed by atoms with Gasteiger partial charge in [-0.15, -0.1) is 0 Å². The summed E-state index contributed by atoms with van der Waals surface area (Å²) < 4.78 is 6.14. The van der Waals surface area contributed by atoms with Gasteiger partial charge in [-0.05, 0) is 49.0 Å². The zero-order valence-corrected chi connectivity index (χ0v) is 15.4. The monoisotopic (exact) mass is 351 g/mol. The summed E-state index contributed by atoms with van der Waals surface area (Å²) in [5.41, 5.74) is 3.67. The van der Waals surface area contributed by atoms with Gasteiger partial charge in [-0.1, -0.05) is 61.0 Å². The van der Waals surface area contributed by atoms with Crippen molar-refractivity contribution in [1.29, 1.82) is 0 Å². The lowest BCUT2D eigenvalue weighted by atomic mass is 10.0. The Morgan fingerprint density at radius 3 is 2.27 bits per heavy atom. The highest BCUT2D eigenvalue weighted by Gasteiger charge is 2.37. The van der Waals surface area contributed by atoms with E-state index >= 15 is 0 Å². The minimum absolute atomic E-state index is 0.172. The van der Waals surface area contributed by atoms with Crippen LogP contribution in [0.15, 0.2) is 54.6 Å². The summed E-state index contributed by atoms with van der Waals surface area (Å²) in [6.07, 6.45) is 5.53. The van der Waals surface area contributed by atoms with Crippen LogP contribution >= 0.6 is 0 Å². The number of rotatable bonds is 5. The predicted molar refractivity (Wildman–Crippen MR) is 105 cm³/mol. The number of hydrogen-bond acceptors (Lipinski definition) is 3. The molecule has 2 fully saturated rings. The zero-order valence-electron chi connectivity index (χ0n) is 15.4. The second kappa shape index (κ2) is 8.34. The van der Waals surface area contributed by atoms with E-state index in [1.807, 2.05) is 6.07 Å². The van der Waals surface area contributed by atoms with Crippen molar-refractivity contribution < 1.29 is 9.84 Å². The van der Waals surface area contributed by atoms with Crippen LogP contribution in [-0.4, -0.2) is 41.3 Å². The number of benzene rings is 2. The molecule has 2 aromatic rings. The number of nitrogens with zero attached hydrogens (tertiary/aromatic N) is 1. The van der Waals surface area contributed by atoms with Gasteiger partial charge in [-0.25, -0.2) is 0 Å². The minimum Gasteiger partial charge on any atom is -0.391 e. The van der Waals surface area contributed by atoms with Crippen molar-refractivity contribution in [3.8, 4) is 11.1 Å². The third-order valence-corrected chi connectivity index (χ3v) is 5.86. The van der Waals surface area contributed by atoms with Crippen molar-refractivity contribution in [2.75, 3.05) is 13.1 Å². The summed E-state index contributed by atoms with van der Waals surface area (Å²) in [5.74, 6) is 0. The molecule has 2 aliphatic rings. The molecule has 0 bridgehead atoms. The fourth-order valence-corrected chi connectivity index (χ4v) is 4.37. The molecule has 138 valence electrons. The first-order chi connectivity index (χ1) is 12.8. The number of aliphatic hydroxyl groups excluding tert-OH is 1. The third kappa shape index (κ3) is 4.17. The molecular weight excluding hydrogens is 322 g/mol. The van der Waals surface area contributed by atoms with Crippen LogP contribution in [0.2, 0.25) is 0 Å². The van der Waals surface area contributed by atoms with Gasteiger partial charge in [-0.3, -0.25) is 4.90 Å². The van der Waals surface area contributed by atoms with Crippen LogP contribution in [-0.2, 0) is 11.3 Å². The molecule has 0 amide bonds. The average Bonchev–Trinajstić information content (AvgIpc) is 3.09. The van der Waals surface area contributed by atoms with Crippen LogP contribution in [0.25, 0.3) is 11.1 Å². The Morgan fingerprint density at radius 2 is 1.54 bits per heavy atom. The molecule has 3 atom stereocenters. The van der Waals surface area contributed by atoms with Crippen LogP contribution in [0, 0.1) is 0 Å². The number of piperidine rings is 1. The van der Waals surface area contributed by atoms with Gasteiger partial charge < -0.3 is 9.84 Å². The van der Waals surface area contributed by atoms with Crippen molar-refractivity contribution in [2.24, 2.45) is 0 Å². The van der Waals surface area contributed by atoms with Crippen LogP contribution in [0.3, 0.4) is 0 Å². The summed E-state index contributed by atoms with van der Waals surface area (Å²) in [6.45, 7) is 2.89. The summed E-state index contributed by atoms with van der Waals surface area (Å²) >= 11 is 0. The molecule has 1 saturated heterocycles. The van der Waals surface area contributed by atoms with Gasteiger partial charge in [-0.2, -0.15) is 0 Å². The zero-order chi connectivity index (χ0) is 17.8. The molecule has 0 aromatic heterocycles. The quantitative estimate of drug-likeness (QED) is 0.874. The molecule has 1 saturated carbocycles. The SMILES string of the molecule is O[C@H]1C[C@@H](OCc2ccc(-c3ccccc3)cc2)C[C@@H]1N1CCCCC1. The molecule has 2 aromatic carbocycles. The fraction of sp³-hybridized carbons (Fsp3) is 0.478. The van der Waals surface area contributed by atoms with E-state index in [2.05, 4.69) is 53.4 Å². The molecule has 1 heterocycles. The molecule has 0 unspecified atom stereocenters. The highest BCUT2D eigenvalue weighted by molar-refractivity contribution is 5.63. The molecule has 3 heteroatoms. The van der Waals surface area contributed by atoms with Crippen molar-refractivity contribution in [3.63, 3.8) is 0 Å². The van der Waals surface area contributed by atoms with E-state index < -0.39 is 0 Å². The van der Waals surface area contributed by atoms with Gasteiger partial charge in [0.15, 0.2) is 0 Å². The fourth-order valence-electron chi connectivity index (χ4n) is 4.37. The Balaban J connectivity index is 1.30. The van der Waals surface area contributed by atoms with Crippen LogP contribution in [0.5, 0.6) is 0 Å². The van der Waals surface area contributed by atoms with Crippen molar-refractivity contribution in [1.82, 2.24) is 4.90 Å². The molecule has 0 radical (unpaired) electrons. The first-order valence-corrected chi connectivity index (χ1v) is 9.98. The number of likely N-dealkylation sites (tertiary alicyclic amines) is 1. The van der Waals surface area contributed by atoms with Crippen LogP contribution in [0.1, 0.15) is 37.7 Å². The maximum Gasteiger partial charge on any atom is 0.0721 e. The van der Waals surface area contributed by atoms with E-state index in [-0.39, 0.29) is 12.2 Å². The maximum atomic E-state index is 10.4. The lowest BCUT2D eigenvalue weighted by molar-refractivity contribution is 0.0356. The Kier molecular flexibility index (Phi) is 5.68. The van der Waals surface area contributed by atoms with Crippen LogP contribution < -0.4 is 0 Å². The standard InChI is InChI=1S/C23H29NO2/c25-23-16-21(15-22(23)24-13-5-2-6-14-24)26-17-18-9-11-20(12-10-18)19-7-3-1-4-8-19/h1,3-4,7-12,21-23,25H,2,5-6,13-17H2/t21-,22-,23-/m0/s1. The summed E-state index contributed by atoms with van der Waals surface area (Å²) in [5, 5.41) is 10.4. The maximum absolute atomic E-state index is 10.4. The average molecular weight is 351 g/mol. The number of aliphatic hydroxyl groups is 1. The largest absolute Gasteiger partial charge is 0.391 e. The van der Waals surface area contributed by atoms with E-state index in [1.165, 1.54) is 36.0 Å². The first-order valence-electron chi connectivity index (χ1n) is 9.98. The van der Waals surface area contributed by atoms with Crippen LogP contribution in [0.4, 0.5) is 0 Å². The van der Waals surface area contributed by atoms with Gasteiger partial charge in [0.1, 0.15) is 0 Å². The Labute approximate surface area is 156 Å². The van der Waals surface area contributed by atoms with Gasteiger partial charge in [0.25, 0.3) is 0 Å². The van der Waals surface area contributed by atoms with Crippen molar-refractivity contribution in [2.45, 2.75) is 57.0 Å². The molecule has 1 N–H and O–H groups in total.